The number of ketones is 1. The molecular formula is C26H25NO4. The van der Waals surface area contributed by atoms with E-state index in [0.717, 1.165) is 17.2 Å². The van der Waals surface area contributed by atoms with Gasteiger partial charge in [-0.1, -0.05) is 36.4 Å². The summed E-state index contributed by atoms with van der Waals surface area (Å²) in [7, 11) is 0. The third-order valence-corrected chi connectivity index (χ3v) is 6.43. The van der Waals surface area contributed by atoms with Crippen LogP contribution in [0.2, 0.25) is 0 Å². The fourth-order valence-corrected chi connectivity index (χ4v) is 4.71. The van der Waals surface area contributed by atoms with Crippen molar-refractivity contribution in [3.8, 4) is 5.75 Å². The molecule has 0 bridgehead atoms. The number of benzene rings is 3. The number of amides is 1. The van der Waals surface area contributed by atoms with E-state index in [1.165, 1.54) is 0 Å². The molecular weight excluding hydrogens is 390 g/mol. The van der Waals surface area contributed by atoms with E-state index in [2.05, 4.69) is 0 Å². The fraction of sp³-hybridized carbons (Fsp3) is 0.308. The lowest BCUT2D eigenvalue weighted by Crippen LogP contribution is -2.53. The largest absolute Gasteiger partial charge is 0.485 e. The summed E-state index contributed by atoms with van der Waals surface area (Å²) < 4.78 is 6.06. The van der Waals surface area contributed by atoms with Gasteiger partial charge in [0.1, 0.15) is 17.5 Å². The second-order valence-corrected chi connectivity index (χ2v) is 8.93. The maximum Gasteiger partial charge on any atom is 0.223 e. The molecule has 5 nitrogen and oxygen atoms in total. The molecule has 2 unspecified atom stereocenters. The second kappa shape index (κ2) is 7.20. The van der Waals surface area contributed by atoms with Crippen molar-refractivity contribution in [2.75, 3.05) is 6.54 Å². The topological polar surface area (TPSA) is 66.8 Å². The molecule has 0 radical (unpaired) electrons. The fourth-order valence-electron chi connectivity index (χ4n) is 4.71. The Bertz CT molecular complexity index is 1200. The van der Waals surface area contributed by atoms with Gasteiger partial charge in [-0.15, -0.1) is 0 Å². The zero-order valence-electron chi connectivity index (χ0n) is 17.7. The smallest absolute Gasteiger partial charge is 0.223 e. The zero-order chi connectivity index (χ0) is 21.8. The van der Waals surface area contributed by atoms with Gasteiger partial charge in [0.05, 0.1) is 6.04 Å². The van der Waals surface area contributed by atoms with Crippen LogP contribution < -0.4 is 4.74 Å². The van der Waals surface area contributed by atoms with Crippen molar-refractivity contribution in [3.63, 3.8) is 0 Å². The first-order chi connectivity index (χ1) is 14.8. The van der Waals surface area contributed by atoms with Crippen molar-refractivity contribution < 1.29 is 19.4 Å². The van der Waals surface area contributed by atoms with Gasteiger partial charge in [0.15, 0.2) is 5.78 Å². The Hall–Kier alpha value is -3.18. The van der Waals surface area contributed by atoms with Crippen molar-refractivity contribution in [2.24, 2.45) is 0 Å². The average Bonchev–Trinajstić information content (AvgIpc) is 3.18. The van der Waals surface area contributed by atoms with E-state index in [1.54, 1.807) is 23.1 Å². The minimum absolute atomic E-state index is 0.0268. The van der Waals surface area contributed by atoms with Crippen molar-refractivity contribution >= 4 is 22.5 Å². The summed E-state index contributed by atoms with van der Waals surface area (Å²) in [6.45, 7) is 4.24. The molecule has 2 aliphatic rings. The van der Waals surface area contributed by atoms with Crippen molar-refractivity contribution in [1.82, 2.24) is 4.90 Å². The number of ether oxygens (including phenoxy) is 1. The molecule has 2 heterocycles. The lowest BCUT2D eigenvalue weighted by molar-refractivity contribution is -0.139. The summed E-state index contributed by atoms with van der Waals surface area (Å²) in [5, 5.41) is 13.2. The Morgan fingerprint density at radius 1 is 1.03 bits per heavy atom. The summed E-state index contributed by atoms with van der Waals surface area (Å²) in [6.07, 6.45) is 0.359. The highest BCUT2D eigenvalue weighted by Crippen LogP contribution is 2.44. The number of carbonyl (C=O) groups excluding carboxylic acids is 2. The van der Waals surface area contributed by atoms with E-state index in [-0.39, 0.29) is 11.7 Å². The van der Waals surface area contributed by atoms with Gasteiger partial charge in [-0.25, -0.2) is 0 Å². The van der Waals surface area contributed by atoms with Crippen LogP contribution in [0.1, 0.15) is 54.2 Å². The third kappa shape index (κ3) is 3.29. The standard InChI is InChI=1S/C26H25NO4/c1-26(2)25(30)23(27-13-5-8-22(27)28)20-15-19(11-12-21(20)31-26)24(29)18-10-9-16-6-3-4-7-17(16)14-18/h3-4,6-7,9-12,14-15,23,25,30H,5,8,13H2,1-2H3. The molecule has 1 N–H and O–H groups in total. The Balaban J connectivity index is 1.57. The number of aliphatic hydroxyl groups is 1. The Labute approximate surface area is 181 Å². The molecule has 0 aliphatic carbocycles. The van der Waals surface area contributed by atoms with Crippen LogP contribution in [0.4, 0.5) is 0 Å². The van der Waals surface area contributed by atoms with Gasteiger partial charge in [-0.05, 0) is 55.3 Å². The highest BCUT2D eigenvalue weighted by atomic mass is 16.5. The Morgan fingerprint density at radius 3 is 2.48 bits per heavy atom. The lowest BCUT2D eigenvalue weighted by atomic mass is 9.84. The van der Waals surface area contributed by atoms with Crippen molar-refractivity contribution in [2.45, 2.75) is 44.4 Å². The average molecular weight is 415 g/mol. The minimum atomic E-state index is -0.895. The summed E-state index contributed by atoms with van der Waals surface area (Å²) in [4.78, 5) is 27.5. The molecule has 3 aromatic rings. The van der Waals surface area contributed by atoms with Gasteiger partial charge in [0, 0.05) is 29.7 Å². The molecule has 0 spiro atoms. The van der Waals surface area contributed by atoms with Crippen LogP contribution in [-0.4, -0.2) is 39.9 Å². The SMILES string of the molecule is CC1(C)Oc2ccc(C(=O)c3ccc4ccccc4c3)cc2C(N2CCCC2=O)C1O. The molecule has 31 heavy (non-hydrogen) atoms. The Morgan fingerprint density at radius 2 is 1.74 bits per heavy atom. The van der Waals surface area contributed by atoms with Gasteiger partial charge in [0.2, 0.25) is 5.91 Å². The maximum atomic E-state index is 13.3. The van der Waals surface area contributed by atoms with E-state index < -0.39 is 17.7 Å². The van der Waals surface area contributed by atoms with E-state index in [1.807, 2.05) is 56.3 Å². The molecule has 5 heteroatoms. The normalized spacial score (nSPS) is 22.3. The molecule has 1 amide bonds. The molecule has 0 aromatic heterocycles. The number of carbonyl (C=O) groups is 2. The molecule has 2 aliphatic heterocycles. The van der Waals surface area contributed by atoms with Gasteiger partial charge < -0.3 is 14.7 Å². The monoisotopic (exact) mass is 415 g/mol. The number of hydrogen-bond acceptors (Lipinski definition) is 4. The zero-order valence-corrected chi connectivity index (χ0v) is 17.7. The number of rotatable bonds is 3. The summed E-state index contributed by atoms with van der Waals surface area (Å²) in [5.74, 6) is 0.536. The minimum Gasteiger partial charge on any atom is -0.485 e. The third-order valence-electron chi connectivity index (χ3n) is 6.43. The van der Waals surface area contributed by atoms with Gasteiger partial charge in [0.25, 0.3) is 0 Å². The van der Waals surface area contributed by atoms with Crippen LogP contribution >= 0.6 is 0 Å². The first-order valence-electron chi connectivity index (χ1n) is 10.7. The molecule has 0 saturated carbocycles. The summed E-state index contributed by atoms with van der Waals surface area (Å²) in [5.41, 5.74) is 0.963. The van der Waals surface area contributed by atoms with Gasteiger partial charge in [-0.3, -0.25) is 9.59 Å². The second-order valence-electron chi connectivity index (χ2n) is 8.93. The Kier molecular flexibility index (Phi) is 4.59. The van der Waals surface area contributed by atoms with E-state index in [4.69, 9.17) is 4.74 Å². The first kappa shape index (κ1) is 19.8. The molecule has 3 aromatic carbocycles. The number of likely N-dealkylation sites (tertiary alicyclic amines) is 1. The maximum absolute atomic E-state index is 13.3. The van der Waals surface area contributed by atoms with E-state index in [9.17, 15) is 14.7 Å². The van der Waals surface area contributed by atoms with Crippen molar-refractivity contribution in [3.05, 3.63) is 77.4 Å². The number of aliphatic hydroxyl groups excluding tert-OH is 1. The van der Waals surface area contributed by atoms with Crippen molar-refractivity contribution in [1.29, 1.82) is 0 Å². The molecule has 1 saturated heterocycles. The van der Waals surface area contributed by atoms with Gasteiger partial charge >= 0.3 is 0 Å². The number of nitrogens with zero attached hydrogens (tertiary/aromatic N) is 1. The summed E-state index contributed by atoms with van der Waals surface area (Å²) >= 11 is 0. The van der Waals surface area contributed by atoms with Crippen LogP contribution in [0.5, 0.6) is 5.75 Å². The number of fused-ring (bicyclic) bond motifs is 2. The summed E-state index contributed by atoms with van der Waals surface area (Å²) in [6, 6.07) is 18.4. The first-order valence-corrected chi connectivity index (χ1v) is 10.7. The lowest BCUT2D eigenvalue weighted by Gasteiger charge is -2.45. The molecule has 158 valence electrons. The van der Waals surface area contributed by atoms with E-state index >= 15 is 0 Å². The highest BCUT2D eigenvalue weighted by Gasteiger charge is 2.47. The molecule has 2 atom stereocenters. The quantitative estimate of drug-likeness (QED) is 0.649. The molecule has 1 fully saturated rings. The number of hydrogen-bond donors (Lipinski definition) is 1. The van der Waals surface area contributed by atoms with E-state index in [0.29, 0.717) is 35.4 Å². The van der Waals surface area contributed by atoms with Crippen LogP contribution in [0, 0.1) is 0 Å². The molecule has 5 rings (SSSR count). The van der Waals surface area contributed by atoms with Gasteiger partial charge in [-0.2, -0.15) is 0 Å². The predicted octanol–water partition coefficient (Wildman–Crippen LogP) is 4.27. The van der Waals surface area contributed by atoms with Crippen LogP contribution in [-0.2, 0) is 4.79 Å². The van der Waals surface area contributed by atoms with Crippen LogP contribution in [0.3, 0.4) is 0 Å². The van der Waals surface area contributed by atoms with Crippen LogP contribution in [0.25, 0.3) is 10.8 Å². The predicted molar refractivity (Wildman–Crippen MR) is 118 cm³/mol. The highest BCUT2D eigenvalue weighted by molar-refractivity contribution is 6.10. The van der Waals surface area contributed by atoms with Crippen LogP contribution in [0.15, 0.2) is 60.7 Å².